The van der Waals surface area contributed by atoms with Crippen molar-refractivity contribution in [3.8, 4) is 5.75 Å². The van der Waals surface area contributed by atoms with Crippen LogP contribution in [0.4, 0.5) is 0 Å². The Morgan fingerprint density at radius 1 is 1.10 bits per heavy atom. The second-order valence-corrected chi connectivity index (χ2v) is 13.2. The first-order valence-corrected chi connectivity index (χ1v) is 14.8. The number of ketones is 2. The van der Waals surface area contributed by atoms with Crippen molar-refractivity contribution in [3.63, 3.8) is 0 Å². The maximum atomic E-state index is 14.1. The Bertz CT molecular complexity index is 1200. The molecule has 10 heteroatoms. The lowest BCUT2D eigenvalue weighted by atomic mass is 9.36. The molecule has 0 aliphatic heterocycles. The van der Waals surface area contributed by atoms with Crippen LogP contribution in [0.15, 0.2) is 18.2 Å². The van der Waals surface area contributed by atoms with Crippen molar-refractivity contribution in [2.45, 2.75) is 90.1 Å². The van der Waals surface area contributed by atoms with Gasteiger partial charge in [-0.25, -0.2) is 0 Å². The molecule has 2 saturated carbocycles. The molecule has 3 aliphatic carbocycles. The van der Waals surface area contributed by atoms with Crippen molar-refractivity contribution in [1.29, 1.82) is 0 Å². The Hall–Kier alpha value is -2.37. The number of fused-ring (bicyclic) bond motifs is 3. The van der Waals surface area contributed by atoms with Crippen LogP contribution in [0, 0.1) is 34.5 Å². The maximum absolute atomic E-state index is 14.1. The van der Waals surface area contributed by atoms with Gasteiger partial charge in [0.25, 0.3) is 0 Å². The molecule has 0 spiro atoms. The van der Waals surface area contributed by atoms with E-state index in [0.29, 0.717) is 12.1 Å². The molecule has 0 saturated heterocycles. The highest BCUT2D eigenvalue weighted by atomic mass is 16.4. The number of rotatable bonds is 9. The molecule has 1 aromatic carbocycles. The van der Waals surface area contributed by atoms with Gasteiger partial charge in [-0.05, 0) is 36.4 Å². The van der Waals surface area contributed by atoms with Gasteiger partial charge in [0.2, 0.25) is 5.91 Å². The Kier molecular flexibility index (Phi) is 8.50. The molecule has 2 fully saturated rings. The smallest absolute Gasteiger partial charge is 0.230 e. The van der Waals surface area contributed by atoms with E-state index in [1.165, 1.54) is 13.0 Å². The fraction of sp³-hybridized carbons (Fsp3) is 0.710. The number of aromatic hydroxyl groups is 1. The first-order chi connectivity index (χ1) is 19.1. The standard InChI is InChI=1S/C31H46N2O8/c1-6-7-8-9-13-33-14-17-16-11-10-12-18(34)19(16)23(35)22-26(38)31(41)25(37)20(27(32)39)24(36)21(15(2)3)30(31,5)28(40)29(17,22)4/h10-12,15,17,20-22,24,26,28,33-34,36,38,40-41H,6-9,13-14H2,1-5H3,(H2,32,39)/t17-,20-,21+,22-,24?,26?,28-,29+,30+,31+/m1/s1. The van der Waals surface area contributed by atoms with E-state index in [1.807, 2.05) is 0 Å². The van der Waals surface area contributed by atoms with Crippen molar-refractivity contribution < 1.29 is 39.9 Å². The molecule has 10 nitrogen and oxygen atoms in total. The quantitative estimate of drug-likeness (QED) is 0.168. The van der Waals surface area contributed by atoms with E-state index in [0.717, 1.165) is 25.7 Å². The first kappa shape index (κ1) is 31.6. The summed E-state index contributed by atoms with van der Waals surface area (Å²) < 4.78 is 0. The Morgan fingerprint density at radius 2 is 1.76 bits per heavy atom. The van der Waals surface area contributed by atoms with Crippen molar-refractivity contribution in [3.05, 3.63) is 29.3 Å². The highest BCUT2D eigenvalue weighted by Crippen LogP contribution is 2.68. The molecule has 0 heterocycles. The number of carbonyl (C=O) groups excluding carboxylic acids is 3. The van der Waals surface area contributed by atoms with Crippen LogP contribution in [0.5, 0.6) is 5.75 Å². The third-order valence-corrected chi connectivity index (χ3v) is 10.8. The number of phenols is 1. The Morgan fingerprint density at radius 3 is 2.34 bits per heavy atom. The second-order valence-electron chi connectivity index (χ2n) is 13.2. The first-order valence-electron chi connectivity index (χ1n) is 14.8. The average molecular weight is 575 g/mol. The number of nitrogens with one attached hydrogen (secondary N) is 1. The van der Waals surface area contributed by atoms with Gasteiger partial charge in [0, 0.05) is 23.3 Å². The van der Waals surface area contributed by atoms with E-state index < -0.39 is 81.8 Å². The number of unbranched alkanes of at least 4 members (excludes halogenated alkanes) is 3. The van der Waals surface area contributed by atoms with Gasteiger partial charge < -0.3 is 36.6 Å². The van der Waals surface area contributed by atoms with Crippen molar-refractivity contribution in [2.75, 3.05) is 13.1 Å². The minimum atomic E-state index is -2.79. The molecule has 8 N–H and O–H groups in total. The highest BCUT2D eigenvalue weighted by Gasteiger charge is 2.80. The molecule has 2 unspecified atom stereocenters. The topological polar surface area (TPSA) is 190 Å². The molecular formula is C31H46N2O8. The predicted molar refractivity (Wildman–Crippen MR) is 151 cm³/mol. The van der Waals surface area contributed by atoms with Crippen LogP contribution < -0.4 is 11.1 Å². The summed E-state index contributed by atoms with van der Waals surface area (Å²) in [6, 6.07) is 4.69. The molecular weight excluding hydrogens is 528 g/mol. The summed E-state index contributed by atoms with van der Waals surface area (Å²) in [5, 5.41) is 62.3. The third-order valence-electron chi connectivity index (χ3n) is 10.8. The van der Waals surface area contributed by atoms with E-state index in [9.17, 15) is 39.9 Å². The minimum absolute atomic E-state index is 0.0265. The zero-order chi connectivity index (χ0) is 30.7. The number of amides is 1. The van der Waals surface area contributed by atoms with Crippen LogP contribution in [0.2, 0.25) is 0 Å². The fourth-order valence-corrected chi connectivity index (χ4v) is 8.80. The molecule has 0 aromatic heterocycles. The summed E-state index contributed by atoms with van der Waals surface area (Å²) in [5.41, 5.74) is -0.120. The monoisotopic (exact) mass is 574 g/mol. The molecule has 0 bridgehead atoms. The zero-order valence-electron chi connectivity index (χ0n) is 24.6. The fourth-order valence-electron chi connectivity index (χ4n) is 8.80. The van der Waals surface area contributed by atoms with Gasteiger partial charge >= 0.3 is 0 Å². The second kappa shape index (κ2) is 11.0. The maximum Gasteiger partial charge on any atom is 0.230 e. The van der Waals surface area contributed by atoms with Crippen molar-refractivity contribution in [2.24, 2.45) is 40.2 Å². The lowest BCUT2D eigenvalue weighted by molar-refractivity contribution is -0.307. The van der Waals surface area contributed by atoms with E-state index in [1.54, 1.807) is 32.9 Å². The number of phenolic OH excluding ortho intramolecular Hbond substituents is 1. The Labute approximate surface area is 241 Å². The third kappa shape index (κ3) is 4.20. The lowest BCUT2D eigenvalue weighted by Gasteiger charge is -2.69. The number of benzene rings is 1. The number of Topliss-reactive ketones (excluding diaryl/α,β-unsaturated/α-hetero) is 2. The largest absolute Gasteiger partial charge is 0.507 e. The van der Waals surface area contributed by atoms with E-state index in [-0.39, 0.29) is 17.9 Å². The molecule has 228 valence electrons. The van der Waals surface area contributed by atoms with Crippen molar-refractivity contribution >= 4 is 17.5 Å². The predicted octanol–water partition coefficient (Wildman–Crippen LogP) is 1.25. The van der Waals surface area contributed by atoms with Gasteiger partial charge in [-0.3, -0.25) is 14.4 Å². The van der Waals surface area contributed by atoms with E-state index in [4.69, 9.17) is 5.73 Å². The van der Waals surface area contributed by atoms with Gasteiger partial charge in [0.1, 0.15) is 17.8 Å². The highest BCUT2D eigenvalue weighted by molar-refractivity contribution is 6.09. The van der Waals surface area contributed by atoms with E-state index in [2.05, 4.69) is 12.2 Å². The van der Waals surface area contributed by atoms with E-state index >= 15 is 0 Å². The summed E-state index contributed by atoms with van der Waals surface area (Å²) in [5.74, 6) is -8.89. The average Bonchev–Trinajstić information content (AvgIpc) is 2.89. The summed E-state index contributed by atoms with van der Waals surface area (Å²) in [6.07, 6.45) is -1.15. The molecule has 3 aliphatic rings. The van der Waals surface area contributed by atoms with Gasteiger partial charge in [0.05, 0.1) is 23.7 Å². The van der Waals surface area contributed by atoms with Crippen LogP contribution in [-0.2, 0) is 9.59 Å². The normalized spacial score (nSPS) is 40.2. The van der Waals surface area contributed by atoms with Crippen LogP contribution in [0.1, 0.15) is 82.1 Å². The number of aliphatic hydroxyl groups is 4. The number of hydrogen-bond acceptors (Lipinski definition) is 9. The summed E-state index contributed by atoms with van der Waals surface area (Å²) in [4.78, 5) is 40.4. The SMILES string of the molecule is CCCCCCNC[C@@H]1c2cccc(O)c2C(=O)[C@@H]2C(O)[C@@]3(O)C(=O)[C@H](C(N)=O)C(O)[C@H](C(C)C)[C@@]3(C)[C@H](O)[C@@]12C. The molecule has 4 rings (SSSR count). The summed E-state index contributed by atoms with van der Waals surface area (Å²) in [6.45, 7) is 9.66. The number of hydrogen-bond donors (Lipinski definition) is 7. The minimum Gasteiger partial charge on any atom is -0.507 e. The number of aliphatic hydroxyl groups excluding tert-OH is 3. The molecule has 1 aromatic rings. The van der Waals surface area contributed by atoms with Crippen LogP contribution in [0.25, 0.3) is 0 Å². The zero-order valence-corrected chi connectivity index (χ0v) is 24.6. The van der Waals surface area contributed by atoms with Gasteiger partial charge in [0.15, 0.2) is 17.2 Å². The summed E-state index contributed by atoms with van der Waals surface area (Å²) >= 11 is 0. The molecule has 0 radical (unpaired) electrons. The van der Waals surface area contributed by atoms with Crippen LogP contribution >= 0.6 is 0 Å². The van der Waals surface area contributed by atoms with Gasteiger partial charge in [-0.1, -0.05) is 66.0 Å². The molecule has 10 atom stereocenters. The number of primary amides is 1. The summed E-state index contributed by atoms with van der Waals surface area (Å²) in [7, 11) is 0. The number of nitrogens with two attached hydrogens (primary N) is 1. The number of carbonyl (C=O) groups is 3. The van der Waals surface area contributed by atoms with Gasteiger partial charge in [-0.2, -0.15) is 0 Å². The van der Waals surface area contributed by atoms with Crippen LogP contribution in [0.3, 0.4) is 0 Å². The Balaban J connectivity index is 1.93. The van der Waals surface area contributed by atoms with Crippen LogP contribution in [-0.4, -0.2) is 80.0 Å². The molecule has 41 heavy (non-hydrogen) atoms. The van der Waals surface area contributed by atoms with Gasteiger partial charge in [-0.15, -0.1) is 0 Å². The molecule has 1 amide bonds. The van der Waals surface area contributed by atoms with Crippen molar-refractivity contribution in [1.82, 2.24) is 5.32 Å². The lowest BCUT2D eigenvalue weighted by Crippen LogP contribution is -2.84.